The molecule has 4 nitrogen and oxygen atoms in total. The van der Waals surface area contributed by atoms with Gasteiger partial charge in [0.25, 0.3) is 5.91 Å². The van der Waals surface area contributed by atoms with Crippen LogP contribution in [0.1, 0.15) is 29.8 Å². The van der Waals surface area contributed by atoms with Gasteiger partial charge in [-0.15, -0.1) is 0 Å². The van der Waals surface area contributed by atoms with E-state index in [9.17, 15) is 9.59 Å². The van der Waals surface area contributed by atoms with Gasteiger partial charge >= 0.3 is 0 Å². The van der Waals surface area contributed by atoms with Crippen molar-refractivity contribution in [1.29, 1.82) is 0 Å². The summed E-state index contributed by atoms with van der Waals surface area (Å²) < 4.78 is 0. The lowest BCUT2D eigenvalue weighted by molar-refractivity contribution is -0.118. The number of anilines is 2. The maximum Gasteiger partial charge on any atom is 0.257 e. The molecule has 0 radical (unpaired) electrons. The Balaban J connectivity index is 2.06. The van der Waals surface area contributed by atoms with Crippen LogP contribution in [0.5, 0.6) is 0 Å². The van der Waals surface area contributed by atoms with E-state index in [1.54, 1.807) is 36.4 Å². The zero-order valence-electron chi connectivity index (χ0n) is 13.3. The molecule has 2 rings (SSSR count). The first-order chi connectivity index (χ1) is 10.9. The fraction of sp³-hybridized carbons (Fsp3) is 0.222. The number of amides is 2. The molecule has 0 spiro atoms. The molecule has 0 atom stereocenters. The van der Waals surface area contributed by atoms with Gasteiger partial charge < -0.3 is 10.6 Å². The van der Waals surface area contributed by atoms with Crippen molar-refractivity contribution in [1.82, 2.24) is 0 Å². The largest absolute Gasteiger partial charge is 0.326 e. The molecular weight excluding hydrogens is 312 g/mol. The van der Waals surface area contributed by atoms with Gasteiger partial charge in [0.05, 0.1) is 10.6 Å². The topological polar surface area (TPSA) is 58.2 Å². The van der Waals surface area contributed by atoms with E-state index >= 15 is 0 Å². The molecule has 0 bridgehead atoms. The van der Waals surface area contributed by atoms with Gasteiger partial charge in [0.15, 0.2) is 0 Å². The summed E-state index contributed by atoms with van der Waals surface area (Å²) in [4.78, 5) is 23.9. The number of rotatable bonds is 4. The lowest BCUT2D eigenvalue weighted by Gasteiger charge is -2.10. The minimum atomic E-state index is -0.269. The second-order valence-corrected chi connectivity index (χ2v) is 6.07. The third-order valence-corrected chi connectivity index (χ3v) is 3.62. The van der Waals surface area contributed by atoms with Crippen molar-refractivity contribution in [2.24, 2.45) is 5.92 Å². The number of hydrogen-bond donors (Lipinski definition) is 2. The number of halogens is 1. The first-order valence-corrected chi connectivity index (χ1v) is 7.73. The molecule has 23 heavy (non-hydrogen) atoms. The number of carbonyl (C=O) groups is 2. The zero-order valence-corrected chi connectivity index (χ0v) is 14.1. The molecule has 0 heterocycles. The summed E-state index contributed by atoms with van der Waals surface area (Å²) >= 11 is 6.09. The van der Waals surface area contributed by atoms with E-state index in [1.807, 2.05) is 26.8 Å². The van der Waals surface area contributed by atoms with E-state index < -0.39 is 0 Å². The normalized spacial score (nSPS) is 10.5. The second-order valence-electron chi connectivity index (χ2n) is 5.66. The quantitative estimate of drug-likeness (QED) is 0.867. The SMILES string of the molecule is Cc1ccc(C(=O)Nc2ccc(NC(=O)C(C)C)cc2)c(Cl)c1. The van der Waals surface area contributed by atoms with E-state index in [0.29, 0.717) is 22.0 Å². The molecule has 0 saturated carbocycles. The third-order valence-electron chi connectivity index (χ3n) is 3.30. The Kier molecular flexibility index (Phi) is 5.40. The van der Waals surface area contributed by atoms with Crippen LogP contribution in [-0.2, 0) is 4.79 Å². The number of carbonyl (C=O) groups excluding carboxylic acids is 2. The molecule has 2 aromatic rings. The lowest BCUT2D eigenvalue weighted by atomic mass is 10.1. The summed E-state index contributed by atoms with van der Waals surface area (Å²) in [6, 6.07) is 12.2. The summed E-state index contributed by atoms with van der Waals surface area (Å²) in [5.74, 6) is -0.403. The molecule has 2 N–H and O–H groups in total. The Bertz CT molecular complexity index is 724. The average molecular weight is 331 g/mol. The van der Waals surface area contributed by atoms with E-state index in [2.05, 4.69) is 10.6 Å². The fourth-order valence-corrected chi connectivity index (χ4v) is 2.25. The summed E-state index contributed by atoms with van der Waals surface area (Å²) in [5, 5.41) is 6.00. The molecule has 0 aliphatic heterocycles. The van der Waals surface area contributed by atoms with Crippen LogP contribution < -0.4 is 10.6 Å². The van der Waals surface area contributed by atoms with Crippen molar-refractivity contribution >= 4 is 34.8 Å². The molecule has 0 aliphatic rings. The Morgan fingerprint density at radius 3 is 2.04 bits per heavy atom. The first kappa shape index (κ1) is 17.0. The zero-order chi connectivity index (χ0) is 17.0. The van der Waals surface area contributed by atoms with Crippen LogP contribution in [0.4, 0.5) is 11.4 Å². The fourth-order valence-electron chi connectivity index (χ4n) is 1.93. The predicted molar refractivity (Wildman–Crippen MR) is 94.1 cm³/mol. The molecule has 0 saturated heterocycles. The summed E-state index contributed by atoms with van der Waals surface area (Å²) in [6.07, 6.45) is 0. The van der Waals surface area contributed by atoms with E-state index in [4.69, 9.17) is 11.6 Å². The van der Waals surface area contributed by atoms with Crippen molar-refractivity contribution in [3.05, 3.63) is 58.6 Å². The van der Waals surface area contributed by atoms with Crippen molar-refractivity contribution in [2.75, 3.05) is 10.6 Å². The second kappa shape index (κ2) is 7.29. The predicted octanol–water partition coefficient (Wildman–Crippen LogP) is 4.50. The monoisotopic (exact) mass is 330 g/mol. The van der Waals surface area contributed by atoms with Gasteiger partial charge in [-0.3, -0.25) is 9.59 Å². The molecule has 5 heteroatoms. The number of benzene rings is 2. The van der Waals surface area contributed by atoms with E-state index in [-0.39, 0.29) is 17.7 Å². The molecule has 0 aliphatic carbocycles. The van der Waals surface area contributed by atoms with Gasteiger partial charge in [0, 0.05) is 17.3 Å². The van der Waals surface area contributed by atoms with Crippen molar-refractivity contribution in [2.45, 2.75) is 20.8 Å². The lowest BCUT2D eigenvalue weighted by Crippen LogP contribution is -2.17. The molecule has 2 amide bonds. The van der Waals surface area contributed by atoms with Crippen LogP contribution >= 0.6 is 11.6 Å². The van der Waals surface area contributed by atoms with Gasteiger partial charge in [0.2, 0.25) is 5.91 Å². The minimum Gasteiger partial charge on any atom is -0.326 e. The summed E-state index contributed by atoms with van der Waals surface area (Å²) in [6.45, 7) is 5.57. The average Bonchev–Trinajstić information content (AvgIpc) is 2.48. The minimum absolute atomic E-state index is 0.0479. The van der Waals surface area contributed by atoms with Gasteiger partial charge in [-0.05, 0) is 48.9 Å². The third kappa shape index (κ3) is 4.57. The van der Waals surface area contributed by atoms with Crippen molar-refractivity contribution in [3.63, 3.8) is 0 Å². The van der Waals surface area contributed by atoms with Gasteiger partial charge in [0.1, 0.15) is 0 Å². The van der Waals surface area contributed by atoms with Crippen LogP contribution in [-0.4, -0.2) is 11.8 Å². The van der Waals surface area contributed by atoms with Gasteiger partial charge in [-0.1, -0.05) is 31.5 Å². The summed E-state index contributed by atoms with van der Waals surface area (Å²) in [5.41, 5.74) is 2.75. The molecule has 0 aromatic heterocycles. The molecular formula is C18H19ClN2O2. The highest BCUT2D eigenvalue weighted by atomic mass is 35.5. The van der Waals surface area contributed by atoms with Crippen LogP contribution in [0.2, 0.25) is 5.02 Å². The number of nitrogens with one attached hydrogen (secondary N) is 2. The Hall–Kier alpha value is -2.33. The standard InChI is InChI=1S/C18H19ClN2O2/c1-11(2)17(22)20-13-5-7-14(8-6-13)21-18(23)15-9-4-12(3)10-16(15)19/h4-11H,1-3H3,(H,20,22)(H,21,23). The molecule has 120 valence electrons. The Labute approximate surface area is 140 Å². The van der Waals surface area contributed by atoms with Crippen LogP contribution in [0.3, 0.4) is 0 Å². The van der Waals surface area contributed by atoms with Gasteiger partial charge in [-0.2, -0.15) is 0 Å². The highest BCUT2D eigenvalue weighted by Crippen LogP contribution is 2.20. The maximum absolute atomic E-state index is 12.2. The highest BCUT2D eigenvalue weighted by Gasteiger charge is 2.11. The van der Waals surface area contributed by atoms with Gasteiger partial charge in [-0.25, -0.2) is 0 Å². The Morgan fingerprint density at radius 1 is 0.957 bits per heavy atom. The van der Waals surface area contributed by atoms with Crippen molar-refractivity contribution < 1.29 is 9.59 Å². The van der Waals surface area contributed by atoms with Crippen molar-refractivity contribution in [3.8, 4) is 0 Å². The van der Waals surface area contributed by atoms with Crippen LogP contribution in [0.25, 0.3) is 0 Å². The van der Waals surface area contributed by atoms with E-state index in [0.717, 1.165) is 5.56 Å². The van der Waals surface area contributed by atoms with Crippen LogP contribution in [0, 0.1) is 12.8 Å². The number of hydrogen-bond acceptors (Lipinski definition) is 2. The highest BCUT2D eigenvalue weighted by molar-refractivity contribution is 6.34. The maximum atomic E-state index is 12.2. The first-order valence-electron chi connectivity index (χ1n) is 7.35. The molecule has 0 unspecified atom stereocenters. The Morgan fingerprint density at radius 2 is 1.52 bits per heavy atom. The van der Waals surface area contributed by atoms with Crippen LogP contribution in [0.15, 0.2) is 42.5 Å². The molecule has 2 aromatic carbocycles. The summed E-state index contributed by atoms with van der Waals surface area (Å²) in [7, 11) is 0. The van der Waals surface area contributed by atoms with E-state index in [1.165, 1.54) is 0 Å². The molecule has 0 fully saturated rings. The smallest absolute Gasteiger partial charge is 0.257 e. The number of aryl methyl sites for hydroxylation is 1.